The highest BCUT2D eigenvalue weighted by Gasteiger charge is 2.12. The van der Waals surface area contributed by atoms with Gasteiger partial charge in [-0.15, -0.1) is 0 Å². The third-order valence-corrected chi connectivity index (χ3v) is 2.51. The second-order valence-electron chi connectivity index (χ2n) is 3.45. The number of benzene rings is 1. The first kappa shape index (κ1) is 10.5. The highest BCUT2D eigenvalue weighted by molar-refractivity contribution is 5.68. The average Bonchev–Trinajstić information content (AvgIpc) is 2.74. The fourth-order valence-corrected chi connectivity index (χ4v) is 1.78. The third kappa shape index (κ3) is 1.74. The van der Waals surface area contributed by atoms with Crippen molar-refractivity contribution in [1.82, 2.24) is 5.16 Å². The maximum absolute atomic E-state index is 5.52. The van der Waals surface area contributed by atoms with Gasteiger partial charge in [0.1, 0.15) is 11.4 Å². The zero-order valence-electron chi connectivity index (χ0n) is 9.36. The van der Waals surface area contributed by atoms with Crippen LogP contribution in [-0.4, -0.2) is 12.3 Å². The Morgan fingerprint density at radius 2 is 2.25 bits per heavy atom. The van der Waals surface area contributed by atoms with Gasteiger partial charge in [0, 0.05) is 17.2 Å². The summed E-state index contributed by atoms with van der Waals surface area (Å²) in [5, 5.41) is 3.91. The van der Waals surface area contributed by atoms with Crippen LogP contribution in [0.4, 0.5) is 5.88 Å². The molecule has 2 N–H and O–H groups in total. The van der Waals surface area contributed by atoms with Gasteiger partial charge in [-0.2, -0.15) is 0 Å². The summed E-state index contributed by atoms with van der Waals surface area (Å²) in [6.07, 6.45) is 0.867. The number of anilines is 1. The predicted octanol–water partition coefficient (Wildman–Crippen LogP) is 2.49. The van der Waals surface area contributed by atoms with Crippen LogP contribution in [0.25, 0.3) is 11.3 Å². The molecule has 0 aliphatic carbocycles. The number of nitrogens with two attached hydrogens (primary N) is 1. The molecule has 0 aliphatic rings. The SMILES string of the molecule is CCc1c(OC)cccc1-c1cc(N)on1. The first-order valence-corrected chi connectivity index (χ1v) is 5.14. The van der Waals surface area contributed by atoms with Crippen molar-refractivity contribution in [3.63, 3.8) is 0 Å². The molecule has 0 spiro atoms. The molecule has 0 atom stereocenters. The van der Waals surface area contributed by atoms with E-state index >= 15 is 0 Å². The number of hydrogen-bond donors (Lipinski definition) is 1. The van der Waals surface area contributed by atoms with E-state index in [4.69, 9.17) is 15.0 Å². The standard InChI is InChI=1S/C12H14N2O2/c1-3-8-9(5-4-6-11(8)15-2)10-7-12(13)16-14-10/h4-7H,3,13H2,1-2H3. The Morgan fingerprint density at radius 3 is 2.81 bits per heavy atom. The van der Waals surface area contributed by atoms with E-state index in [0.717, 1.165) is 29.0 Å². The molecule has 0 fully saturated rings. The van der Waals surface area contributed by atoms with Gasteiger partial charge in [0.15, 0.2) is 0 Å². The number of ether oxygens (including phenoxy) is 1. The average molecular weight is 218 g/mol. The Morgan fingerprint density at radius 1 is 1.44 bits per heavy atom. The fourth-order valence-electron chi connectivity index (χ4n) is 1.78. The first-order valence-electron chi connectivity index (χ1n) is 5.14. The van der Waals surface area contributed by atoms with Crippen LogP contribution < -0.4 is 10.5 Å². The lowest BCUT2D eigenvalue weighted by atomic mass is 10.0. The molecule has 1 aromatic carbocycles. The Hall–Kier alpha value is -1.97. The van der Waals surface area contributed by atoms with Crippen LogP contribution in [0.15, 0.2) is 28.8 Å². The molecule has 0 bridgehead atoms. The molecule has 0 saturated heterocycles. The minimum absolute atomic E-state index is 0.319. The summed E-state index contributed by atoms with van der Waals surface area (Å²) in [7, 11) is 1.66. The Balaban J connectivity index is 2.56. The van der Waals surface area contributed by atoms with Gasteiger partial charge in [0.2, 0.25) is 5.88 Å². The molecule has 0 aliphatic heterocycles. The van der Waals surface area contributed by atoms with Crippen molar-refractivity contribution in [2.24, 2.45) is 0 Å². The van der Waals surface area contributed by atoms with E-state index in [1.165, 1.54) is 0 Å². The number of methoxy groups -OCH3 is 1. The summed E-state index contributed by atoms with van der Waals surface area (Å²) in [6, 6.07) is 7.57. The zero-order valence-corrected chi connectivity index (χ0v) is 9.36. The van der Waals surface area contributed by atoms with Gasteiger partial charge in [0.25, 0.3) is 0 Å². The van der Waals surface area contributed by atoms with Crippen LogP contribution in [0.3, 0.4) is 0 Å². The lowest BCUT2D eigenvalue weighted by molar-refractivity contribution is 0.410. The summed E-state index contributed by atoms with van der Waals surface area (Å²) in [6.45, 7) is 2.07. The summed E-state index contributed by atoms with van der Waals surface area (Å²) in [5.74, 6) is 1.18. The van der Waals surface area contributed by atoms with Gasteiger partial charge in [-0.25, -0.2) is 0 Å². The van der Waals surface area contributed by atoms with Crippen molar-refractivity contribution in [1.29, 1.82) is 0 Å². The van der Waals surface area contributed by atoms with Crippen LogP contribution in [0.5, 0.6) is 5.75 Å². The van der Waals surface area contributed by atoms with E-state index < -0.39 is 0 Å². The lowest BCUT2D eigenvalue weighted by Gasteiger charge is -2.09. The monoisotopic (exact) mass is 218 g/mol. The molecule has 1 aromatic heterocycles. The second kappa shape index (κ2) is 4.26. The maximum Gasteiger partial charge on any atom is 0.222 e. The van der Waals surface area contributed by atoms with Gasteiger partial charge >= 0.3 is 0 Å². The molecule has 4 nitrogen and oxygen atoms in total. The molecular weight excluding hydrogens is 204 g/mol. The van der Waals surface area contributed by atoms with E-state index in [1.807, 2.05) is 18.2 Å². The summed E-state index contributed by atoms with van der Waals surface area (Å²) in [4.78, 5) is 0. The van der Waals surface area contributed by atoms with Crippen LogP contribution in [-0.2, 0) is 6.42 Å². The van der Waals surface area contributed by atoms with Gasteiger partial charge < -0.3 is 15.0 Å². The molecule has 2 aromatic rings. The van der Waals surface area contributed by atoms with Crippen molar-refractivity contribution in [2.75, 3.05) is 12.8 Å². The topological polar surface area (TPSA) is 61.3 Å². The van der Waals surface area contributed by atoms with Gasteiger partial charge in [-0.3, -0.25) is 0 Å². The number of aromatic nitrogens is 1. The number of rotatable bonds is 3. The Kier molecular flexibility index (Phi) is 2.81. The Labute approximate surface area is 94.0 Å². The molecule has 1 heterocycles. The number of nitrogens with zero attached hydrogens (tertiary/aromatic N) is 1. The molecule has 0 radical (unpaired) electrons. The molecule has 0 saturated carbocycles. The summed E-state index contributed by atoms with van der Waals surface area (Å²) >= 11 is 0. The quantitative estimate of drug-likeness (QED) is 0.859. The van der Waals surface area contributed by atoms with Gasteiger partial charge in [-0.1, -0.05) is 24.2 Å². The maximum atomic E-state index is 5.52. The van der Waals surface area contributed by atoms with E-state index in [0.29, 0.717) is 5.88 Å². The van der Waals surface area contributed by atoms with Crippen LogP contribution in [0, 0.1) is 0 Å². The van der Waals surface area contributed by atoms with Gasteiger partial charge in [-0.05, 0) is 12.5 Å². The molecule has 0 unspecified atom stereocenters. The smallest absolute Gasteiger partial charge is 0.222 e. The zero-order chi connectivity index (χ0) is 11.5. The third-order valence-electron chi connectivity index (χ3n) is 2.51. The molecule has 16 heavy (non-hydrogen) atoms. The van der Waals surface area contributed by atoms with Crippen molar-refractivity contribution in [3.8, 4) is 17.0 Å². The predicted molar refractivity (Wildman–Crippen MR) is 62.3 cm³/mol. The second-order valence-corrected chi connectivity index (χ2v) is 3.45. The highest BCUT2D eigenvalue weighted by Crippen LogP contribution is 2.31. The molecule has 84 valence electrons. The highest BCUT2D eigenvalue weighted by atomic mass is 16.5. The Bertz CT molecular complexity index is 492. The van der Waals surface area contributed by atoms with Gasteiger partial charge in [0.05, 0.1) is 7.11 Å². The normalized spacial score (nSPS) is 10.4. The van der Waals surface area contributed by atoms with Crippen molar-refractivity contribution in [3.05, 3.63) is 29.8 Å². The largest absolute Gasteiger partial charge is 0.496 e. The van der Waals surface area contributed by atoms with E-state index in [2.05, 4.69) is 12.1 Å². The minimum atomic E-state index is 0.319. The fraction of sp³-hybridized carbons (Fsp3) is 0.250. The van der Waals surface area contributed by atoms with E-state index in [9.17, 15) is 0 Å². The van der Waals surface area contributed by atoms with Crippen molar-refractivity contribution in [2.45, 2.75) is 13.3 Å². The number of nitrogen functional groups attached to an aromatic ring is 1. The lowest BCUT2D eigenvalue weighted by Crippen LogP contribution is -1.93. The van der Waals surface area contributed by atoms with Crippen LogP contribution in [0.1, 0.15) is 12.5 Å². The summed E-state index contributed by atoms with van der Waals surface area (Å²) in [5.41, 5.74) is 8.37. The minimum Gasteiger partial charge on any atom is -0.496 e. The van der Waals surface area contributed by atoms with Crippen LogP contribution in [0.2, 0.25) is 0 Å². The molecule has 2 rings (SSSR count). The van der Waals surface area contributed by atoms with E-state index in [1.54, 1.807) is 13.2 Å². The van der Waals surface area contributed by atoms with Crippen molar-refractivity contribution < 1.29 is 9.26 Å². The van der Waals surface area contributed by atoms with E-state index in [-0.39, 0.29) is 0 Å². The summed E-state index contributed by atoms with van der Waals surface area (Å²) < 4.78 is 10.2. The molecule has 0 amide bonds. The van der Waals surface area contributed by atoms with Crippen molar-refractivity contribution >= 4 is 5.88 Å². The first-order chi connectivity index (χ1) is 7.76. The number of hydrogen-bond acceptors (Lipinski definition) is 4. The molecular formula is C12H14N2O2. The van der Waals surface area contributed by atoms with Crippen LogP contribution >= 0.6 is 0 Å². The molecule has 4 heteroatoms.